The predicted molar refractivity (Wildman–Crippen MR) is 74.3 cm³/mol. The van der Waals surface area contributed by atoms with Crippen molar-refractivity contribution in [2.24, 2.45) is 0 Å². The van der Waals surface area contributed by atoms with Crippen LogP contribution in [-0.2, 0) is 0 Å². The second-order valence-electron chi connectivity index (χ2n) is 4.25. The highest BCUT2D eigenvalue weighted by molar-refractivity contribution is 7.08. The Morgan fingerprint density at radius 2 is 2.26 bits per heavy atom. The molecular weight excluding hydrogens is 262 g/mol. The molecule has 19 heavy (non-hydrogen) atoms. The number of aliphatic hydroxyl groups is 1. The zero-order chi connectivity index (χ0) is 13.2. The van der Waals surface area contributed by atoms with Crippen molar-refractivity contribution in [2.75, 3.05) is 11.9 Å². The van der Waals surface area contributed by atoms with Crippen molar-refractivity contribution >= 4 is 22.8 Å². The average molecular weight is 275 g/mol. The van der Waals surface area contributed by atoms with Crippen LogP contribution >= 0.6 is 11.3 Å². The summed E-state index contributed by atoms with van der Waals surface area (Å²) in [5, 5.41) is 29.0. The number of hydrogen-bond donors (Lipinski definition) is 2. The lowest BCUT2D eigenvalue weighted by Gasteiger charge is -2.07. The van der Waals surface area contributed by atoms with Crippen molar-refractivity contribution in [3.63, 3.8) is 0 Å². The Morgan fingerprint density at radius 3 is 3.00 bits per heavy atom. The maximum Gasteiger partial charge on any atom is 0.186 e. The third-order valence-electron chi connectivity index (χ3n) is 2.62. The molecule has 0 aromatic carbocycles. The lowest BCUT2D eigenvalue weighted by Crippen LogP contribution is -2.16. The van der Waals surface area contributed by atoms with Gasteiger partial charge < -0.3 is 10.4 Å². The molecule has 0 fully saturated rings. The van der Waals surface area contributed by atoms with Crippen LogP contribution in [0.4, 0.5) is 5.82 Å². The summed E-state index contributed by atoms with van der Waals surface area (Å²) in [6.07, 6.45) is -0.422. The highest BCUT2D eigenvalue weighted by atomic mass is 32.1. The van der Waals surface area contributed by atoms with Crippen molar-refractivity contribution in [1.82, 2.24) is 19.8 Å². The molecule has 1 atom stereocenters. The standard InChI is InChI=1S/C12H13N5OS/c1-8(18)6-13-10-2-3-11-14-15-12(17(11)16-10)9-4-5-19-7-9/h2-5,7-8,18H,6H2,1H3,(H,13,16). The van der Waals surface area contributed by atoms with Gasteiger partial charge in [-0.15, -0.1) is 15.3 Å². The van der Waals surface area contributed by atoms with Crippen molar-refractivity contribution < 1.29 is 5.11 Å². The second-order valence-corrected chi connectivity index (χ2v) is 5.03. The number of hydrogen-bond acceptors (Lipinski definition) is 6. The van der Waals surface area contributed by atoms with Gasteiger partial charge >= 0.3 is 0 Å². The highest BCUT2D eigenvalue weighted by Crippen LogP contribution is 2.20. The van der Waals surface area contributed by atoms with E-state index in [1.54, 1.807) is 22.8 Å². The van der Waals surface area contributed by atoms with Gasteiger partial charge in [0.1, 0.15) is 5.82 Å². The van der Waals surface area contributed by atoms with Crippen LogP contribution in [0.25, 0.3) is 17.0 Å². The van der Waals surface area contributed by atoms with Crippen LogP contribution in [0.15, 0.2) is 29.0 Å². The molecule has 0 saturated heterocycles. The summed E-state index contributed by atoms with van der Waals surface area (Å²) in [5.74, 6) is 1.40. The van der Waals surface area contributed by atoms with Crippen molar-refractivity contribution in [2.45, 2.75) is 13.0 Å². The number of nitrogens with one attached hydrogen (secondary N) is 1. The monoisotopic (exact) mass is 275 g/mol. The van der Waals surface area contributed by atoms with E-state index in [0.717, 1.165) is 11.4 Å². The first-order valence-electron chi connectivity index (χ1n) is 5.91. The number of thiophene rings is 1. The Hall–Kier alpha value is -1.99. The van der Waals surface area contributed by atoms with Gasteiger partial charge in [-0.2, -0.15) is 15.9 Å². The van der Waals surface area contributed by atoms with Crippen LogP contribution in [0.1, 0.15) is 6.92 Å². The Morgan fingerprint density at radius 1 is 1.37 bits per heavy atom. The van der Waals surface area contributed by atoms with E-state index >= 15 is 0 Å². The lowest BCUT2D eigenvalue weighted by molar-refractivity contribution is 0.208. The number of nitrogens with zero attached hydrogens (tertiary/aromatic N) is 4. The van der Waals surface area contributed by atoms with E-state index in [0.29, 0.717) is 18.0 Å². The largest absolute Gasteiger partial charge is 0.392 e. The first kappa shape index (κ1) is 12.1. The molecule has 2 N–H and O–H groups in total. The summed E-state index contributed by atoms with van der Waals surface area (Å²) < 4.78 is 1.70. The number of aromatic nitrogens is 4. The van der Waals surface area contributed by atoms with E-state index in [4.69, 9.17) is 0 Å². The minimum Gasteiger partial charge on any atom is -0.392 e. The van der Waals surface area contributed by atoms with Gasteiger partial charge in [-0.1, -0.05) is 0 Å². The smallest absolute Gasteiger partial charge is 0.186 e. The molecule has 0 saturated carbocycles. The van der Waals surface area contributed by atoms with Gasteiger partial charge in [0.05, 0.1) is 6.10 Å². The number of rotatable bonds is 4. The maximum atomic E-state index is 9.27. The van der Waals surface area contributed by atoms with E-state index in [9.17, 15) is 5.11 Å². The maximum absolute atomic E-state index is 9.27. The van der Waals surface area contributed by atoms with Crippen LogP contribution in [0.2, 0.25) is 0 Å². The topological polar surface area (TPSA) is 75.3 Å². The number of anilines is 1. The molecule has 7 heteroatoms. The van der Waals surface area contributed by atoms with E-state index in [-0.39, 0.29) is 0 Å². The minimum atomic E-state index is -0.422. The zero-order valence-electron chi connectivity index (χ0n) is 10.3. The molecule has 0 bridgehead atoms. The quantitative estimate of drug-likeness (QED) is 0.757. The van der Waals surface area contributed by atoms with Crippen LogP contribution in [0.5, 0.6) is 0 Å². The van der Waals surface area contributed by atoms with Crippen LogP contribution < -0.4 is 5.32 Å². The fraction of sp³-hybridized carbons (Fsp3) is 0.250. The summed E-state index contributed by atoms with van der Waals surface area (Å²) in [5.41, 5.74) is 1.70. The molecule has 3 aromatic heterocycles. The molecule has 6 nitrogen and oxygen atoms in total. The first-order chi connectivity index (χ1) is 9.24. The predicted octanol–water partition coefficient (Wildman–Crippen LogP) is 1.65. The van der Waals surface area contributed by atoms with Crippen molar-refractivity contribution in [3.8, 4) is 11.4 Å². The van der Waals surface area contributed by atoms with Gasteiger partial charge in [0, 0.05) is 17.5 Å². The van der Waals surface area contributed by atoms with E-state index in [2.05, 4.69) is 20.6 Å². The van der Waals surface area contributed by atoms with Crippen LogP contribution in [0.3, 0.4) is 0 Å². The minimum absolute atomic E-state index is 0.422. The van der Waals surface area contributed by atoms with Crippen molar-refractivity contribution in [3.05, 3.63) is 29.0 Å². The SMILES string of the molecule is CC(O)CNc1ccc2nnc(-c3ccsc3)n2n1. The van der Waals surface area contributed by atoms with E-state index in [1.165, 1.54) is 0 Å². The molecular formula is C12H13N5OS. The second kappa shape index (κ2) is 4.94. The Kier molecular flexibility index (Phi) is 3.14. The summed E-state index contributed by atoms with van der Waals surface area (Å²) in [6.45, 7) is 2.18. The summed E-state index contributed by atoms with van der Waals surface area (Å²) in [7, 11) is 0. The molecule has 0 amide bonds. The van der Waals surface area contributed by atoms with E-state index in [1.807, 2.05) is 29.0 Å². The van der Waals surface area contributed by atoms with Gasteiger partial charge in [-0.05, 0) is 30.5 Å². The molecule has 0 radical (unpaired) electrons. The normalized spacial score (nSPS) is 12.7. The third-order valence-corrected chi connectivity index (χ3v) is 3.30. The van der Waals surface area contributed by atoms with Gasteiger partial charge in [0.15, 0.2) is 11.5 Å². The summed E-state index contributed by atoms with van der Waals surface area (Å²) in [6, 6.07) is 5.66. The Balaban J connectivity index is 1.99. The average Bonchev–Trinajstić information content (AvgIpc) is 3.04. The van der Waals surface area contributed by atoms with E-state index < -0.39 is 6.10 Å². The molecule has 3 heterocycles. The molecule has 3 aromatic rings. The molecule has 0 aliphatic carbocycles. The van der Waals surface area contributed by atoms with Gasteiger partial charge in [-0.25, -0.2) is 0 Å². The van der Waals surface area contributed by atoms with Gasteiger partial charge in [-0.3, -0.25) is 0 Å². The molecule has 98 valence electrons. The summed E-state index contributed by atoms with van der Waals surface area (Å²) >= 11 is 1.61. The van der Waals surface area contributed by atoms with Gasteiger partial charge in [0.2, 0.25) is 0 Å². The molecule has 0 aliphatic heterocycles. The Labute approximate surface area is 113 Å². The molecule has 1 unspecified atom stereocenters. The Bertz CT molecular complexity index is 677. The van der Waals surface area contributed by atoms with Gasteiger partial charge in [0.25, 0.3) is 0 Å². The van der Waals surface area contributed by atoms with Crippen LogP contribution in [0, 0.1) is 0 Å². The fourth-order valence-corrected chi connectivity index (χ4v) is 2.34. The third kappa shape index (κ3) is 2.42. The fourth-order valence-electron chi connectivity index (χ4n) is 1.71. The molecule has 0 aliphatic rings. The molecule has 0 spiro atoms. The number of fused-ring (bicyclic) bond motifs is 1. The van der Waals surface area contributed by atoms with Crippen LogP contribution in [-0.4, -0.2) is 37.6 Å². The van der Waals surface area contributed by atoms with Crippen molar-refractivity contribution in [1.29, 1.82) is 0 Å². The highest BCUT2D eigenvalue weighted by Gasteiger charge is 2.10. The zero-order valence-corrected chi connectivity index (χ0v) is 11.1. The first-order valence-corrected chi connectivity index (χ1v) is 6.85. The summed E-state index contributed by atoms with van der Waals surface area (Å²) in [4.78, 5) is 0. The number of aliphatic hydroxyl groups excluding tert-OH is 1. The molecule has 3 rings (SSSR count). The lowest BCUT2D eigenvalue weighted by atomic mass is 10.3.